The van der Waals surface area contributed by atoms with Crippen LogP contribution in [0.3, 0.4) is 0 Å². The number of amides is 1. The van der Waals surface area contributed by atoms with E-state index in [1.807, 2.05) is 6.92 Å². The number of benzene rings is 2. The van der Waals surface area contributed by atoms with Gasteiger partial charge in [-0.05, 0) is 74.0 Å². The summed E-state index contributed by atoms with van der Waals surface area (Å²) in [7, 11) is -3.85. The second-order valence-corrected chi connectivity index (χ2v) is 9.90. The first-order valence-corrected chi connectivity index (χ1v) is 12.8. The molecule has 3 aromatic rings. The zero-order valence-electron chi connectivity index (χ0n) is 19.4. The number of primary sulfonamides is 1. The number of hydrogen-bond acceptors (Lipinski definition) is 7. The third-order valence-electron chi connectivity index (χ3n) is 5.29. The van der Waals surface area contributed by atoms with Gasteiger partial charge in [0.05, 0.1) is 39.1 Å². The Morgan fingerprint density at radius 2 is 1.89 bits per heavy atom. The van der Waals surface area contributed by atoms with E-state index in [2.05, 4.69) is 5.10 Å². The molecule has 2 heterocycles. The highest BCUT2D eigenvalue weighted by atomic mass is 35.5. The van der Waals surface area contributed by atoms with Crippen LogP contribution in [0.5, 0.6) is 0 Å². The smallest absolute Gasteiger partial charge is 0.339 e. The van der Waals surface area contributed by atoms with Gasteiger partial charge in [-0.15, -0.1) is 0 Å². The van der Waals surface area contributed by atoms with E-state index < -0.39 is 21.9 Å². The minimum atomic E-state index is -3.85. The predicted octanol–water partition coefficient (Wildman–Crippen LogP) is 4.62. The summed E-state index contributed by atoms with van der Waals surface area (Å²) in [6, 6.07) is 13.8. The van der Waals surface area contributed by atoms with Gasteiger partial charge in [-0.1, -0.05) is 18.5 Å². The molecule has 1 aromatic heterocycles. The average Bonchev–Trinajstić information content (AvgIpc) is 3.42. The van der Waals surface area contributed by atoms with Crippen LogP contribution >= 0.6 is 11.6 Å². The number of sulfonamides is 1. The summed E-state index contributed by atoms with van der Waals surface area (Å²) in [6.45, 7) is 3.87. The van der Waals surface area contributed by atoms with Gasteiger partial charge in [-0.25, -0.2) is 18.4 Å². The standard InChI is InChI=1S/C25H22ClN3O6S/c1-3-12-34-25(31)21-13-16(4-10-22(21)26)23-11-7-18(35-23)14-20-15(2)28-29(24(20)30)17-5-8-19(9-6-17)36(27,32)33/h4-11,13-14H,3,12H2,1-2H3,(H2,27,32,33)/b20-14+. The van der Waals surface area contributed by atoms with Crippen molar-refractivity contribution in [3.8, 4) is 11.3 Å². The summed E-state index contributed by atoms with van der Waals surface area (Å²) in [5.41, 5.74) is 2.01. The molecule has 1 aliphatic rings. The summed E-state index contributed by atoms with van der Waals surface area (Å²) in [5.74, 6) is -0.0441. The molecule has 0 saturated carbocycles. The van der Waals surface area contributed by atoms with E-state index >= 15 is 0 Å². The first-order chi connectivity index (χ1) is 17.1. The van der Waals surface area contributed by atoms with Crippen LogP contribution in [0.2, 0.25) is 5.02 Å². The lowest BCUT2D eigenvalue weighted by molar-refractivity contribution is -0.114. The fraction of sp³-hybridized carbons (Fsp3) is 0.160. The summed E-state index contributed by atoms with van der Waals surface area (Å²) in [4.78, 5) is 25.2. The molecule has 0 spiro atoms. The summed E-state index contributed by atoms with van der Waals surface area (Å²) >= 11 is 6.17. The minimum absolute atomic E-state index is 0.0681. The first kappa shape index (κ1) is 25.4. The van der Waals surface area contributed by atoms with Crippen molar-refractivity contribution in [2.45, 2.75) is 25.2 Å². The maximum atomic E-state index is 13.0. The predicted molar refractivity (Wildman–Crippen MR) is 136 cm³/mol. The number of nitrogens with two attached hydrogens (primary N) is 1. The van der Waals surface area contributed by atoms with Crippen LogP contribution in [0.25, 0.3) is 17.4 Å². The van der Waals surface area contributed by atoms with Crippen molar-refractivity contribution in [3.63, 3.8) is 0 Å². The van der Waals surface area contributed by atoms with Crippen molar-refractivity contribution in [2.24, 2.45) is 10.2 Å². The van der Waals surface area contributed by atoms with Crippen LogP contribution in [-0.4, -0.2) is 32.6 Å². The number of esters is 1. The average molecular weight is 528 g/mol. The highest BCUT2D eigenvalue weighted by Crippen LogP contribution is 2.30. The molecule has 11 heteroatoms. The van der Waals surface area contributed by atoms with Crippen LogP contribution in [0.1, 0.15) is 36.4 Å². The van der Waals surface area contributed by atoms with Gasteiger partial charge in [0.2, 0.25) is 10.0 Å². The second-order valence-electron chi connectivity index (χ2n) is 7.93. The number of hydrazone groups is 1. The van der Waals surface area contributed by atoms with Crippen molar-refractivity contribution in [2.75, 3.05) is 11.6 Å². The zero-order chi connectivity index (χ0) is 26.0. The summed E-state index contributed by atoms with van der Waals surface area (Å²) in [6.07, 6.45) is 2.26. The Labute approximate surface area is 212 Å². The summed E-state index contributed by atoms with van der Waals surface area (Å²) < 4.78 is 34.0. The summed E-state index contributed by atoms with van der Waals surface area (Å²) in [5, 5.41) is 10.9. The lowest BCUT2D eigenvalue weighted by atomic mass is 10.1. The van der Waals surface area contributed by atoms with Crippen LogP contribution in [0, 0.1) is 0 Å². The highest BCUT2D eigenvalue weighted by Gasteiger charge is 2.29. The number of hydrogen-bond donors (Lipinski definition) is 1. The van der Waals surface area contributed by atoms with E-state index in [-0.39, 0.29) is 15.5 Å². The number of anilines is 1. The van der Waals surface area contributed by atoms with Crippen molar-refractivity contribution in [1.82, 2.24) is 0 Å². The molecule has 0 bridgehead atoms. The Kier molecular flexibility index (Phi) is 7.11. The lowest BCUT2D eigenvalue weighted by Crippen LogP contribution is -2.21. The Hall–Kier alpha value is -3.73. The van der Waals surface area contributed by atoms with Gasteiger partial charge in [0.25, 0.3) is 5.91 Å². The zero-order valence-corrected chi connectivity index (χ0v) is 21.0. The number of halogens is 1. The van der Waals surface area contributed by atoms with Gasteiger partial charge in [0.1, 0.15) is 11.5 Å². The normalized spacial score (nSPS) is 14.9. The van der Waals surface area contributed by atoms with Crippen molar-refractivity contribution in [3.05, 3.63) is 76.5 Å². The molecular weight excluding hydrogens is 506 g/mol. The molecule has 1 amide bonds. The van der Waals surface area contributed by atoms with Crippen molar-refractivity contribution >= 4 is 51.0 Å². The molecule has 1 aliphatic heterocycles. The fourth-order valence-corrected chi connectivity index (χ4v) is 4.18. The van der Waals surface area contributed by atoms with Gasteiger partial charge >= 0.3 is 5.97 Å². The molecule has 36 heavy (non-hydrogen) atoms. The van der Waals surface area contributed by atoms with Gasteiger partial charge in [0.15, 0.2) is 0 Å². The Bertz CT molecular complexity index is 1510. The monoisotopic (exact) mass is 527 g/mol. The molecular formula is C25H22ClN3O6S. The Morgan fingerprint density at radius 1 is 1.17 bits per heavy atom. The molecule has 0 saturated heterocycles. The maximum absolute atomic E-state index is 13.0. The van der Waals surface area contributed by atoms with Crippen LogP contribution in [0.4, 0.5) is 5.69 Å². The maximum Gasteiger partial charge on any atom is 0.339 e. The van der Waals surface area contributed by atoms with Crippen LogP contribution < -0.4 is 10.1 Å². The number of nitrogens with zero attached hydrogens (tertiary/aromatic N) is 2. The van der Waals surface area contributed by atoms with Gasteiger partial charge in [-0.3, -0.25) is 4.79 Å². The number of carbonyl (C=O) groups excluding carboxylic acids is 2. The molecule has 2 N–H and O–H groups in total. The lowest BCUT2D eigenvalue weighted by Gasteiger charge is -2.12. The molecule has 186 valence electrons. The number of rotatable bonds is 7. The molecule has 0 aliphatic carbocycles. The molecule has 0 fully saturated rings. The molecule has 0 unspecified atom stereocenters. The second kappa shape index (κ2) is 10.1. The molecule has 0 atom stereocenters. The number of carbonyl (C=O) groups is 2. The van der Waals surface area contributed by atoms with E-state index in [9.17, 15) is 18.0 Å². The van der Waals surface area contributed by atoms with E-state index in [1.54, 1.807) is 43.3 Å². The van der Waals surface area contributed by atoms with Crippen molar-refractivity contribution < 1.29 is 27.2 Å². The van der Waals surface area contributed by atoms with E-state index in [1.165, 1.54) is 29.3 Å². The van der Waals surface area contributed by atoms with Gasteiger partial charge in [-0.2, -0.15) is 10.1 Å². The largest absolute Gasteiger partial charge is 0.462 e. The Balaban J connectivity index is 1.57. The SMILES string of the molecule is CCCOC(=O)c1cc(-c2ccc(/C=C3/C(=O)N(c4ccc(S(N)(=O)=O)cc4)N=C3C)o2)ccc1Cl. The third-order valence-corrected chi connectivity index (χ3v) is 6.55. The first-order valence-electron chi connectivity index (χ1n) is 10.9. The van der Waals surface area contributed by atoms with Gasteiger partial charge < -0.3 is 9.15 Å². The molecule has 0 radical (unpaired) electrons. The van der Waals surface area contributed by atoms with Crippen LogP contribution in [-0.2, 0) is 19.6 Å². The van der Waals surface area contributed by atoms with E-state index in [0.717, 1.165) is 0 Å². The van der Waals surface area contributed by atoms with Crippen molar-refractivity contribution in [1.29, 1.82) is 0 Å². The fourth-order valence-electron chi connectivity index (χ4n) is 3.47. The highest BCUT2D eigenvalue weighted by molar-refractivity contribution is 7.89. The Morgan fingerprint density at radius 3 is 2.56 bits per heavy atom. The molecule has 2 aromatic carbocycles. The number of furan rings is 1. The van der Waals surface area contributed by atoms with Crippen LogP contribution in [0.15, 0.2) is 74.6 Å². The minimum Gasteiger partial charge on any atom is -0.462 e. The number of ether oxygens (including phenoxy) is 1. The quantitative estimate of drug-likeness (QED) is 0.352. The topological polar surface area (TPSA) is 132 Å². The van der Waals surface area contributed by atoms with E-state index in [4.69, 9.17) is 25.9 Å². The van der Waals surface area contributed by atoms with Gasteiger partial charge in [0, 0.05) is 5.56 Å². The van der Waals surface area contributed by atoms with E-state index in [0.29, 0.717) is 47.1 Å². The molecule has 9 nitrogen and oxygen atoms in total. The molecule has 4 rings (SSSR count). The third kappa shape index (κ3) is 5.25.